The highest BCUT2D eigenvalue weighted by molar-refractivity contribution is 5.56. The number of ether oxygens (including phenoxy) is 1. The molecule has 1 heterocycles. The first-order valence-corrected chi connectivity index (χ1v) is 10.4. The lowest BCUT2D eigenvalue weighted by Crippen LogP contribution is -2.16. The number of hydrogen-bond acceptors (Lipinski definition) is 3. The fourth-order valence-electron chi connectivity index (χ4n) is 3.80. The van der Waals surface area contributed by atoms with E-state index < -0.39 is 0 Å². The molecule has 0 spiro atoms. The molecule has 0 fully saturated rings. The highest BCUT2D eigenvalue weighted by Crippen LogP contribution is 2.28. The summed E-state index contributed by atoms with van der Waals surface area (Å²) >= 11 is 0. The van der Waals surface area contributed by atoms with Gasteiger partial charge in [-0.05, 0) is 61.4 Å². The van der Waals surface area contributed by atoms with Gasteiger partial charge >= 0.3 is 0 Å². The summed E-state index contributed by atoms with van der Waals surface area (Å²) in [5.74, 6) is 2.59. The fraction of sp³-hybridized carbons (Fsp3) is 0.565. The maximum atomic E-state index is 5.83. The number of aromatic nitrogens is 2. The van der Waals surface area contributed by atoms with E-state index in [1.54, 1.807) is 0 Å². The van der Waals surface area contributed by atoms with Crippen molar-refractivity contribution < 1.29 is 4.74 Å². The summed E-state index contributed by atoms with van der Waals surface area (Å²) in [6.07, 6.45) is 13.1. The summed E-state index contributed by atoms with van der Waals surface area (Å²) in [6, 6.07) is 8.22. The zero-order chi connectivity index (χ0) is 18.2. The van der Waals surface area contributed by atoms with Gasteiger partial charge < -0.3 is 4.74 Å². The minimum Gasteiger partial charge on any atom is -0.494 e. The van der Waals surface area contributed by atoms with E-state index in [9.17, 15) is 0 Å². The average Bonchev–Trinajstić information content (AvgIpc) is 2.68. The van der Waals surface area contributed by atoms with Crippen LogP contribution in [0.2, 0.25) is 0 Å². The third-order valence-corrected chi connectivity index (χ3v) is 5.33. The maximum absolute atomic E-state index is 5.83. The van der Waals surface area contributed by atoms with Crippen LogP contribution >= 0.6 is 0 Å². The standard InChI is InChI=1S/C23H32N2O/c1-3-5-6-7-15-26-21-12-10-19(11-13-21)23-24-17-20-16-18(8-4-2)9-14-22(20)25-23/h10-13,17-18H,3-9,14-16H2,1-2H3. The van der Waals surface area contributed by atoms with Crippen molar-refractivity contribution in [1.82, 2.24) is 9.97 Å². The molecule has 0 aliphatic heterocycles. The smallest absolute Gasteiger partial charge is 0.159 e. The molecule has 2 aromatic rings. The minimum atomic E-state index is 0.799. The van der Waals surface area contributed by atoms with E-state index >= 15 is 0 Å². The zero-order valence-corrected chi connectivity index (χ0v) is 16.3. The normalized spacial score (nSPS) is 16.3. The van der Waals surface area contributed by atoms with Crippen molar-refractivity contribution >= 4 is 0 Å². The maximum Gasteiger partial charge on any atom is 0.159 e. The molecule has 1 aromatic carbocycles. The Hall–Kier alpha value is -1.90. The lowest BCUT2D eigenvalue weighted by atomic mass is 9.84. The Morgan fingerprint density at radius 3 is 2.65 bits per heavy atom. The van der Waals surface area contributed by atoms with E-state index in [4.69, 9.17) is 9.72 Å². The van der Waals surface area contributed by atoms with Crippen LogP contribution in [0.3, 0.4) is 0 Å². The van der Waals surface area contributed by atoms with Crippen LogP contribution in [0, 0.1) is 5.92 Å². The summed E-state index contributed by atoms with van der Waals surface area (Å²) in [4.78, 5) is 9.48. The predicted molar refractivity (Wildman–Crippen MR) is 108 cm³/mol. The molecule has 26 heavy (non-hydrogen) atoms. The van der Waals surface area contributed by atoms with Gasteiger partial charge in [0.1, 0.15) is 5.75 Å². The fourth-order valence-corrected chi connectivity index (χ4v) is 3.80. The monoisotopic (exact) mass is 352 g/mol. The molecule has 1 aliphatic rings. The first-order chi connectivity index (χ1) is 12.8. The molecule has 0 saturated heterocycles. The second-order valence-corrected chi connectivity index (χ2v) is 7.50. The van der Waals surface area contributed by atoms with Gasteiger partial charge in [0.05, 0.1) is 6.61 Å². The molecule has 1 aliphatic carbocycles. The van der Waals surface area contributed by atoms with Crippen LogP contribution in [0.4, 0.5) is 0 Å². The van der Waals surface area contributed by atoms with Crippen LogP contribution in [0.25, 0.3) is 11.4 Å². The molecule has 0 amide bonds. The van der Waals surface area contributed by atoms with Gasteiger partial charge in [0.15, 0.2) is 5.82 Å². The Kier molecular flexibility index (Phi) is 7.04. The summed E-state index contributed by atoms with van der Waals surface area (Å²) in [6.45, 7) is 5.30. The number of benzene rings is 1. The SMILES string of the molecule is CCCCCCOc1ccc(-c2ncc3c(n2)CCC(CCC)C3)cc1. The molecule has 3 nitrogen and oxygen atoms in total. The van der Waals surface area contributed by atoms with Crippen LogP contribution < -0.4 is 4.74 Å². The van der Waals surface area contributed by atoms with Crippen LogP contribution in [0.5, 0.6) is 5.75 Å². The molecule has 3 rings (SSSR count). The van der Waals surface area contributed by atoms with Gasteiger partial charge in [-0.3, -0.25) is 0 Å². The van der Waals surface area contributed by atoms with Crippen molar-refractivity contribution in [3.8, 4) is 17.1 Å². The molecular weight excluding hydrogens is 320 g/mol. The van der Waals surface area contributed by atoms with Crippen LogP contribution in [0.15, 0.2) is 30.5 Å². The first-order valence-electron chi connectivity index (χ1n) is 10.4. The van der Waals surface area contributed by atoms with E-state index in [0.717, 1.165) is 48.9 Å². The third-order valence-electron chi connectivity index (χ3n) is 5.33. The summed E-state index contributed by atoms with van der Waals surface area (Å²) < 4.78 is 5.83. The van der Waals surface area contributed by atoms with Crippen molar-refractivity contribution in [3.63, 3.8) is 0 Å². The van der Waals surface area contributed by atoms with E-state index in [-0.39, 0.29) is 0 Å². The molecule has 3 heteroatoms. The van der Waals surface area contributed by atoms with Gasteiger partial charge in [0.25, 0.3) is 0 Å². The van der Waals surface area contributed by atoms with Gasteiger partial charge in [-0.1, -0.05) is 46.0 Å². The number of unbranched alkanes of at least 4 members (excludes halogenated alkanes) is 3. The van der Waals surface area contributed by atoms with E-state index in [1.807, 2.05) is 12.1 Å². The molecule has 1 aromatic heterocycles. The summed E-state index contributed by atoms with van der Waals surface area (Å²) in [7, 11) is 0. The minimum absolute atomic E-state index is 0.799. The van der Waals surface area contributed by atoms with Gasteiger partial charge in [-0.25, -0.2) is 9.97 Å². The number of hydrogen-bond donors (Lipinski definition) is 0. The summed E-state index contributed by atoms with van der Waals surface area (Å²) in [5, 5.41) is 0. The lowest BCUT2D eigenvalue weighted by Gasteiger charge is -2.23. The average molecular weight is 353 g/mol. The Bertz CT molecular complexity index is 681. The van der Waals surface area contributed by atoms with Gasteiger partial charge in [-0.15, -0.1) is 0 Å². The number of aryl methyl sites for hydroxylation is 1. The number of nitrogens with zero attached hydrogens (tertiary/aromatic N) is 2. The van der Waals surface area contributed by atoms with E-state index in [0.29, 0.717) is 0 Å². The molecule has 0 radical (unpaired) electrons. The molecule has 0 saturated carbocycles. The van der Waals surface area contributed by atoms with Crippen molar-refractivity contribution in [2.45, 2.75) is 71.6 Å². The van der Waals surface area contributed by atoms with E-state index in [1.165, 1.54) is 49.8 Å². The molecule has 1 atom stereocenters. The van der Waals surface area contributed by atoms with Crippen molar-refractivity contribution in [1.29, 1.82) is 0 Å². The molecule has 0 N–H and O–H groups in total. The van der Waals surface area contributed by atoms with Crippen LogP contribution in [-0.2, 0) is 12.8 Å². The Morgan fingerprint density at radius 2 is 1.88 bits per heavy atom. The van der Waals surface area contributed by atoms with Gasteiger partial charge in [0.2, 0.25) is 0 Å². The topological polar surface area (TPSA) is 35.0 Å². The third kappa shape index (κ3) is 5.06. The van der Waals surface area contributed by atoms with Crippen molar-refractivity contribution in [2.75, 3.05) is 6.61 Å². The first kappa shape index (κ1) is 18.9. The molecule has 1 unspecified atom stereocenters. The molecule has 0 bridgehead atoms. The van der Waals surface area contributed by atoms with E-state index in [2.05, 4.69) is 37.2 Å². The van der Waals surface area contributed by atoms with Crippen LogP contribution in [0.1, 0.15) is 70.1 Å². The van der Waals surface area contributed by atoms with Gasteiger partial charge in [-0.2, -0.15) is 0 Å². The molecule has 140 valence electrons. The van der Waals surface area contributed by atoms with Gasteiger partial charge in [0, 0.05) is 17.5 Å². The number of fused-ring (bicyclic) bond motifs is 1. The quantitative estimate of drug-likeness (QED) is 0.519. The molecular formula is C23H32N2O. The highest BCUT2D eigenvalue weighted by atomic mass is 16.5. The second-order valence-electron chi connectivity index (χ2n) is 7.50. The highest BCUT2D eigenvalue weighted by Gasteiger charge is 2.20. The van der Waals surface area contributed by atoms with Crippen LogP contribution in [-0.4, -0.2) is 16.6 Å². The Morgan fingerprint density at radius 1 is 1.04 bits per heavy atom. The summed E-state index contributed by atoms with van der Waals surface area (Å²) in [5.41, 5.74) is 3.67. The lowest BCUT2D eigenvalue weighted by molar-refractivity contribution is 0.305. The second kappa shape index (κ2) is 9.70. The predicted octanol–water partition coefficient (Wildman–Crippen LogP) is 6.01. The zero-order valence-electron chi connectivity index (χ0n) is 16.3. The van der Waals surface area contributed by atoms with Crippen molar-refractivity contribution in [2.24, 2.45) is 5.92 Å². The number of rotatable bonds is 9. The van der Waals surface area contributed by atoms with Crippen molar-refractivity contribution in [3.05, 3.63) is 41.7 Å². The largest absolute Gasteiger partial charge is 0.494 e. The Labute approximate surface area is 158 Å². The Balaban J connectivity index is 1.59.